The highest BCUT2D eigenvalue weighted by atomic mass is 32.2. The molecular formula is C12H17NO2S. The van der Waals surface area contributed by atoms with Crippen molar-refractivity contribution >= 4 is 23.4 Å². The SMILES string of the molecule is COC(=O)C(C)(C)SCc1ccc(N)cc1. The average molecular weight is 239 g/mol. The number of ether oxygens (including phenoxy) is 1. The van der Waals surface area contributed by atoms with E-state index in [0.29, 0.717) is 0 Å². The molecule has 0 unspecified atom stereocenters. The second-order valence-corrected chi connectivity index (χ2v) is 5.63. The zero-order valence-electron chi connectivity index (χ0n) is 9.82. The third-order valence-corrected chi connectivity index (χ3v) is 3.62. The van der Waals surface area contributed by atoms with E-state index >= 15 is 0 Å². The molecule has 0 radical (unpaired) electrons. The minimum absolute atomic E-state index is 0.201. The van der Waals surface area contributed by atoms with Gasteiger partial charge < -0.3 is 10.5 Å². The Morgan fingerprint density at radius 2 is 1.94 bits per heavy atom. The Morgan fingerprint density at radius 3 is 2.44 bits per heavy atom. The van der Waals surface area contributed by atoms with E-state index in [-0.39, 0.29) is 5.97 Å². The van der Waals surface area contributed by atoms with Crippen LogP contribution < -0.4 is 5.73 Å². The molecule has 0 amide bonds. The van der Waals surface area contributed by atoms with E-state index in [9.17, 15) is 4.79 Å². The number of nitrogen functional groups attached to an aromatic ring is 1. The van der Waals surface area contributed by atoms with Crippen molar-refractivity contribution < 1.29 is 9.53 Å². The van der Waals surface area contributed by atoms with Gasteiger partial charge in [-0.25, -0.2) is 0 Å². The third-order valence-electron chi connectivity index (χ3n) is 2.26. The molecule has 88 valence electrons. The molecule has 0 aliphatic heterocycles. The van der Waals surface area contributed by atoms with Crippen LogP contribution in [-0.2, 0) is 15.3 Å². The molecule has 0 atom stereocenters. The summed E-state index contributed by atoms with van der Waals surface area (Å²) in [6.07, 6.45) is 0. The monoisotopic (exact) mass is 239 g/mol. The molecule has 0 aliphatic carbocycles. The summed E-state index contributed by atoms with van der Waals surface area (Å²) in [4.78, 5) is 11.4. The molecule has 0 saturated heterocycles. The molecule has 1 aromatic carbocycles. The molecule has 1 rings (SSSR count). The highest BCUT2D eigenvalue weighted by Crippen LogP contribution is 2.29. The Morgan fingerprint density at radius 1 is 1.38 bits per heavy atom. The molecule has 16 heavy (non-hydrogen) atoms. The first-order chi connectivity index (χ1) is 7.45. The lowest BCUT2D eigenvalue weighted by molar-refractivity contribution is -0.142. The summed E-state index contributed by atoms with van der Waals surface area (Å²) in [5.74, 6) is 0.565. The number of thioether (sulfide) groups is 1. The minimum atomic E-state index is -0.518. The number of carbonyl (C=O) groups is 1. The van der Waals surface area contributed by atoms with Gasteiger partial charge in [0.25, 0.3) is 0 Å². The van der Waals surface area contributed by atoms with Crippen molar-refractivity contribution in [3.05, 3.63) is 29.8 Å². The molecular weight excluding hydrogens is 222 g/mol. The molecule has 0 spiro atoms. The Hall–Kier alpha value is -1.16. The lowest BCUT2D eigenvalue weighted by Crippen LogP contribution is -2.29. The molecule has 0 bridgehead atoms. The minimum Gasteiger partial charge on any atom is -0.468 e. The van der Waals surface area contributed by atoms with Crippen LogP contribution in [0.1, 0.15) is 19.4 Å². The molecule has 1 aromatic rings. The van der Waals surface area contributed by atoms with Gasteiger partial charge in [0.2, 0.25) is 0 Å². The quantitative estimate of drug-likeness (QED) is 0.647. The molecule has 0 aromatic heterocycles. The van der Waals surface area contributed by atoms with Crippen molar-refractivity contribution in [1.82, 2.24) is 0 Å². The lowest BCUT2D eigenvalue weighted by Gasteiger charge is -2.20. The Bertz CT molecular complexity index is 360. The average Bonchev–Trinajstić information content (AvgIpc) is 2.27. The van der Waals surface area contributed by atoms with Gasteiger partial charge in [0, 0.05) is 11.4 Å². The van der Waals surface area contributed by atoms with Crippen LogP contribution in [0.2, 0.25) is 0 Å². The molecule has 0 fully saturated rings. The molecule has 2 N–H and O–H groups in total. The molecule has 0 saturated carbocycles. The number of nitrogens with two attached hydrogens (primary N) is 1. The smallest absolute Gasteiger partial charge is 0.321 e. The number of rotatable bonds is 4. The zero-order valence-corrected chi connectivity index (χ0v) is 10.6. The van der Waals surface area contributed by atoms with Crippen LogP contribution in [0.3, 0.4) is 0 Å². The number of benzene rings is 1. The first-order valence-electron chi connectivity index (χ1n) is 5.02. The van der Waals surface area contributed by atoms with E-state index in [1.54, 1.807) is 11.8 Å². The summed E-state index contributed by atoms with van der Waals surface area (Å²) < 4.78 is 4.23. The highest BCUT2D eigenvalue weighted by molar-refractivity contribution is 8.00. The van der Waals surface area contributed by atoms with Gasteiger partial charge in [-0.3, -0.25) is 4.79 Å². The Kier molecular flexibility index (Phi) is 4.24. The first-order valence-corrected chi connectivity index (χ1v) is 6.01. The normalized spacial score (nSPS) is 11.2. The standard InChI is InChI=1S/C12H17NO2S/c1-12(2,11(14)15-3)16-8-9-4-6-10(13)7-5-9/h4-7H,8,13H2,1-3H3. The van der Waals surface area contributed by atoms with E-state index < -0.39 is 4.75 Å². The van der Waals surface area contributed by atoms with Gasteiger partial charge in [0.15, 0.2) is 0 Å². The van der Waals surface area contributed by atoms with Crippen molar-refractivity contribution in [1.29, 1.82) is 0 Å². The third kappa shape index (κ3) is 3.45. The van der Waals surface area contributed by atoms with Gasteiger partial charge in [-0.05, 0) is 31.5 Å². The van der Waals surface area contributed by atoms with Gasteiger partial charge in [-0.2, -0.15) is 0 Å². The fraction of sp³-hybridized carbons (Fsp3) is 0.417. The number of esters is 1. The van der Waals surface area contributed by atoms with Crippen LogP contribution in [0.4, 0.5) is 5.69 Å². The topological polar surface area (TPSA) is 52.3 Å². The summed E-state index contributed by atoms with van der Waals surface area (Å²) in [5, 5.41) is 0. The van der Waals surface area contributed by atoms with Crippen molar-refractivity contribution in [2.45, 2.75) is 24.3 Å². The zero-order chi connectivity index (χ0) is 12.2. The largest absolute Gasteiger partial charge is 0.468 e. The fourth-order valence-corrected chi connectivity index (χ4v) is 2.10. The van der Waals surface area contributed by atoms with E-state index in [0.717, 1.165) is 17.0 Å². The number of hydrogen-bond donors (Lipinski definition) is 1. The summed E-state index contributed by atoms with van der Waals surface area (Å²) >= 11 is 1.55. The van der Waals surface area contributed by atoms with Crippen LogP contribution in [0, 0.1) is 0 Å². The van der Waals surface area contributed by atoms with Gasteiger partial charge in [0.1, 0.15) is 4.75 Å². The van der Waals surface area contributed by atoms with E-state index in [4.69, 9.17) is 10.5 Å². The summed E-state index contributed by atoms with van der Waals surface area (Å²) in [5.41, 5.74) is 7.50. The number of anilines is 1. The maximum absolute atomic E-state index is 11.4. The van der Waals surface area contributed by atoms with Crippen molar-refractivity contribution in [2.75, 3.05) is 12.8 Å². The van der Waals surface area contributed by atoms with Crippen LogP contribution in [0.25, 0.3) is 0 Å². The van der Waals surface area contributed by atoms with Gasteiger partial charge in [-0.15, -0.1) is 11.8 Å². The van der Waals surface area contributed by atoms with Crippen LogP contribution in [-0.4, -0.2) is 17.8 Å². The van der Waals surface area contributed by atoms with Crippen molar-refractivity contribution in [3.8, 4) is 0 Å². The molecule has 0 aliphatic rings. The Labute approximate surface area is 100 Å². The number of methoxy groups -OCH3 is 1. The van der Waals surface area contributed by atoms with Crippen LogP contribution in [0.5, 0.6) is 0 Å². The maximum Gasteiger partial charge on any atom is 0.321 e. The fourth-order valence-electron chi connectivity index (χ4n) is 1.18. The maximum atomic E-state index is 11.4. The van der Waals surface area contributed by atoms with E-state index in [1.165, 1.54) is 7.11 Å². The van der Waals surface area contributed by atoms with Crippen LogP contribution in [0.15, 0.2) is 24.3 Å². The molecule has 3 nitrogen and oxygen atoms in total. The van der Waals surface area contributed by atoms with Gasteiger partial charge in [-0.1, -0.05) is 12.1 Å². The molecule has 4 heteroatoms. The van der Waals surface area contributed by atoms with Crippen molar-refractivity contribution in [3.63, 3.8) is 0 Å². The van der Waals surface area contributed by atoms with Crippen molar-refractivity contribution in [2.24, 2.45) is 0 Å². The van der Waals surface area contributed by atoms with Gasteiger partial charge in [0.05, 0.1) is 7.11 Å². The van der Waals surface area contributed by atoms with E-state index in [2.05, 4.69) is 0 Å². The van der Waals surface area contributed by atoms with E-state index in [1.807, 2.05) is 38.1 Å². The lowest BCUT2D eigenvalue weighted by atomic mass is 10.2. The number of carbonyl (C=O) groups excluding carboxylic acids is 1. The highest BCUT2D eigenvalue weighted by Gasteiger charge is 2.28. The first kappa shape index (κ1) is 12.9. The second kappa shape index (κ2) is 5.25. The molecule has 0 heterocycles. The van der Waals surface area contributed by atoms with Crippen LogP contribution >= 0.6 is 11.8 Å². The van der Waals surface area contributed by atoms with Gasteiger partial charge >= 0.3 is 5.97 Å². The predicted octanol–water partition coefficient (Wildman–Crippen LogP) is 2.45. The summed E-state index contributed by atoms with van der Waals surface area (Å²) in [7, 11) is 1.41. The predicted molar refractivity (Wildman–Crippen MR) is 68.2 cm³/mol. The second-order valence-electron chi connectivity index (χ2n) is 4.03. The summed E-state index contributed by atoms with van der Waals surface area (Å²) in [6, 6.07) is 7.66. The Balaban J connectivity index is 2.57. The summed E-state index contributed by atoms with van der Waals surface area (Å²) in [6.45, 7) is 3.72. The number of hydrogen-bond acceptors (Lipinski definition) is 4.